The number of aliphatic hydroxyl groups is 2. The largest absolute Gasteiger partial charge is 0.415 e. The van der Waals surface area contributed by atoms with Crippen molar-refractivity contribution in [2.75, 3.05) is 26.8 Å². The molecule has 2 bridgehead atoms. The standard InChI is InChI=1S/C43H51NO6S/c1-29-9-7-21-42(3)38(36-18-14-31(25-34(45)16-12-29)26-37(36)40(46)39-19-13-30(2)51-39)20-22-43(42,48)28-44(23-8-24-49-4)41(47)50-35-17-15-32-10-5-6-11-33(32)27-35/h5-6,9-11,13-15,17-19,26-27,34,38,45,48H,7-8,12,16,20-25,28H2,1-4H3/t34-,38-,42-,43+/m0/s1. The quantitative estimate of drug-likeness (QED) is 0.102. The van der Waals surface area contributed by atoms with Gasteiger partial charge in [-0.25, -0.2) is 4.79 Å². The highest BCUT2D eigenvalue weighted by Crippen LogP contribution is 2.59. The summed E-state index contributed by atoms with van der Waals surface area (Å²) >= 11 is 1.49. The molecule has 7 nitrogen and oxygen atoms in total. The number of carbonyl (C=O) groups is 2. The summed E-state index contributed by atoms with van der Waals surface area (Å²) in [7, 11) is 1.64. The van der Waals surface area contributed by atoms with Gasteiger partial charge in [-0.05, 0) is 123 Å². The fourth-order valence-electron chi connectivity index (χ4n) is 8.23. The van der Waals surface area contributed by atoms with Crippen molar-refractivity contribution in [2.45, 2.75) is 89.8 Å². The Kier molecular flexibility index (Phi) is 11.5. The molecule has 1 amide bonds. The van der Waals surface area contributed by atoms with E-state index in [1.165, 1.54) is 16.9 Å². The van der Waals surface area contributed by atoms with E-state index in [-0.39, 0.29) is 18.2 Å². The highest BCUT2D eigenvalue weighted by molar-refractivity contribution is 7.14. The molecule has 270 valence electrons. The van der Waals surface area contributed by atoms with Crippen LogP contribution in [0.4, 0.5) is 4.79 Å². The van der Waals surface area contributed by atoms with Crippen molar-refractivity contribution in [3.05, 3.63) is 111 Å². The van der Waals surface area contributed by atoms with Gasteiger partial charge in [0, 0.05) is 36.1 Å². The summed E-state index contributed by atoms with van der Waals surface area (Å²) in [5.74, 6) is 0.282. The number of benzene rings is 3. The monoisotopic (exact) mass is 709 g/mol. The summed E-state index contributed by atoms with van der Waals surface area (Å²) in [5.41, 5.74) is 1.75. The van der Waals surface area contributed by atoms with Crippen molar-refractivity contribution in [1.82, 2.24) is 4.90 Å². The molecule has 1 saturated carbocycles. The molecule has 3 aliphatic rings. The molecule has 1 fully saturated rings. The third-order valence-corrected chi connectivity index (χ3v) is 12.3. The van der Waals surface area contributed by atoms with E-state index in [9.17, 15) is 19.8 Å². The van der Waals surface area contributed by atoms with Crippen molar-refractivity contribution < 1.29 is 29.3 Å². The van der Waals surface area contributed by atoms with Gasteiger partial charge in [-0.15, -0.1) is 11.3 Å². The second-order valence-corrected chi connectivity index (χ2v) is 16.1. The number of nitrogens with zero attached hydrogens (tertiary/aromatic N) is 1. The molecule has 2 N–H and O–H groups in total. The van der Waals surface area contributed by atoms with Gasteiger partial charge in [0.2, 0.25) is 5.78 Å². The first-order valence-electron chi connectivity index (χ1n) is 18.2. The number of aryl methyl sites for hydroxylation is 1. The van der Waals surface area contributed by atoms with Gasteiger partial charge in [-0.2, -0.15) is 0 Å². The fourth-order valence-corrected chi connectivity index (χ4v) is 9.05. The first-order valence-corrected chi connectivity index (χ1v) is 19.1. The van der Waals surface area contributed by atoms with Crippen LogP contribution in [0.3, 0.4) is 0 Å². The molecule has 0 aliphatic heterocycles. The van der Waals surface area contributed by atoms with Crippen LogP contribution in [-0.2, 0) is 11.2 Å². The lowest BCUT2D eigenvalue weighted by atomic mass is 9.64. The van der Waals surface area contributed by atoms with Crippen molar-refractivity contribution in [3.8, 4) is 5.75 Å². The molecule has 0 unspecified atom stereocenters. The van der Waals surface area contributed by atoms with Crippen molar-refractivity contribution in [1.29, 1.82) is 0 Å². The van der Waals surface area contributed by atoms with Crippen LogP contribution in [0, 0.1) is 12.3 Å². The Bertz CT molecular complexity index is 1900. The zero-order valence-electron chi connectivity index (χ0n) is 30.3. The smallest absolute Gasteiger partial charge is 0.410 e. The molecule has 3 aliphatic carbocycles. The van der Waals surface area contributed by atoms with Gasteiger partial charge in [-0.3, -0.25) is 4.79 Å². The minimum Gasteiger partial charge on any atom is -0.410 e. The van der Waals surface area contributed by atoms with Gasteiger partial charge in [0.1, 0.15) is 5.75 Å². The molecule has 0 spiro atoms. The second kappa shape index (κ2) is 15.8. The molecule has 7 rings (SSSR count). The minimum atomic E-state index is -1.26. The first kappa shape index (κ1) is 37.0. The Hall–Kier alpha value is -3.82. The Morgan fingerprint density at radius 1 is 0.980 bits per heavy atom. The molecular formula is C43H51NO6S. The molecule has 4 atom stereocenters. The molecule has 3 aromatic carbocycles. The average molecular weight is 710 g/mol. The number of carbonyl (C=O) groups excluding carboxylic acids is 2. The zero-order valence-corrected chi connectivity index (χ0v) is 31.1. The Morgan fingerprint density at radius 3 is 2.55 bits per heavy atom. The van der Waals surface area contributed by atoms with Crippen LogP contribution in [0.2, 0.25) is 0 Å². The lowest BCUT2D eigenvalue weighted by Gasteiger charge is -2.46. The number of methoxy groups -OCH3 is 1. The molecule has 4 aromatic rings. The number of aliphatic hydroxyl groups excluding tert-OH is 1. The first-order chi connectivity index (χ1) is 24.5. The van der Waals surface area contributed by atoms with Crippen LogP contribution >= 0.6 is 11.3 Å². The van der Waals surface area contributed by atoms with E-state index in [1.54, 1.807) is 18.1 Å². The summed E-state index contributed by atoms with van der Waals surface area (Å²) in [6.45, 7) is 7.17. The molecule has 51 heavy (non-hydrogen) atoms. The van der Waals surface area contributed by atoms with E-state index >= 15 is 0 Å². The predicted molar refractivity (Wildman–Crippen MR) is 204 cm³/mol. The fraction of sp³-hybridized carbons (Fsp3) is 0.442. The number of ether oxygens (including phenoxy) is 2. The number of allylic oxidation sites excluding steroid dienone is 2. The van der Waals surface area contributed by atoms with E-state index in [1.807, 2.05) is 67.6 Å². The number of hydrogen-bond acceptors (Lipinski definition) is 7. The summed E-state index contributed by atoms with van der Waals surface area (Å²) in [5, 5.41) is 25.9. The number of hydrogen-bond donors (Lipinski definition) is 2. The van der Waals surface area contributed by atoms with Gasteiger partial charge in [0.25, 0.3) is 0 Å². The van der Waals surface area contributed by atoms with Crippen LogP contribution in [0.25, 0.3) is 10.8 Å². The Labute approximate surface area is 305 Å². The second-order valence-electron chi connectivity index (χ2n) is 14.8. The number of fused-ring (bicyclic) bond motifs is 9. The normalized spacial score (nSPS) is 23.8. The predicted octanol–water partition coefficient (Wildman–Crippen LogP) is 9.02. The number of amides is 1. The third-order valence-electron chi connectivity index (χ3n) is 11.3. The summed E-state index contributed by atoms with van der Waals surface area (Å²) < 4.78 is 11.3. The highest BCUT2D eigenvalue weighted by Gasteiger charge is 2.57. The number of thiophene rings is 1. The van der Waals surface area contributed by atoms with Crippen LogP contribution < -0.4 is 4.74 Å². The number of rotatable bonds is 9. The lowest BCUT2D eigenvalue weighted by Crippen LogP contribution is -2.54. The summed E-state index contributed by atoms with van der Waals surface area (Å²) in [6.07, 6.45) is 6.20. The highest BCUT2D eigenvalue weighted by atomic mass is 32.1. The van der Waals surface area contributed by atoms with E-state index < -0.39 is 23.2 Å². The maximum atomic E-state index is 14.2. The van der Waals surface area contributed by atoms with Crippen molar-refractivity contribution in [2.24, 2.45) is 5.41 Å². The molecular weight excluding hydrogens is 659 g/mol. The molecule has 8 heteroatoms. The van der Waals surface area contributed by atoms with E-state index in [0.717, 1.165) is 39.6 Å². The zero-order chi connectivity index (χ0) is 36.2. The van der Waals surface area contributed by atoms with Gasteiger partial charge >= 0.3 is 6.09 Å². The maximum absolute atomic E-state index is 14.2. The molecule has 1 aromatic heterocycles. The van der Waals surface area contributed by atoms with Gasteiger partial charge in [0.15, 0.2) is 0 Å². The van der Waals surface area contributed by atoms with E-state index in [4.69, 9.17) is 9.47 Å². The molecule has 1 heterocycles. The van der Waals surface area contributed by atoms with E-state index in [0.29, 0.717) is 67.9 Å². The lowest BCUT2D eigenvalue weighted by molar-refractivity contribution is -0.0795. The maximum Gasteiger partial charge on any atom is 0.415 e. The molecule has 0 radical (unpaired) electrons. The average Bonchev–Trinajstić information content (AvgIpc) is 3.66. The van der Waals surface area contributed by atoms with Crippen LogP contribution in [0.1, 0.15) is 96.0 Å². The number of ketones is 1. The van der Waals surface area contributed by atoms with Crippen LogP contribution in [-0.4, -0.2) is 65.5 Å². The van der Waals surface area contributed by atoms with E-state index in [2.05, 4.69) is 26.0 Å². The Morgan fingerprint density at radius 2 is 1.78 bits per heavy atom. The van der Waals surface area contributed by atoms with Gasteiger partial charge in [0.05, 0.1) is 23.1 Å². The third kappa shape index (κ3) is 8.15. The topological polar surface area (TPSA) is 96.3 Å². The summed E-state index contributed by atoms with van der Waals surface area (Å²) in [6, 6.07) is 23.5. The van der Waals surface area contributed by atoms with Gasteiger partial charge in [-0.1, -0.05) is 61.0 Å². The molecule has 0 saturated heterocycles. The Balaban J connectivity index is 1.37. The SMILES string of the molecule is COCCCN(C[C@]1(O)CC[C@H]2c3ccc(cc3C(=O)c3ccc(C)s3)C[C@@H](O)CCC(C)=CCC[C@@]21C)C(=O)Oc1ccc2ccccc2c1. The minimum absolute atomic E-state index is 0.0276. The van der Waals surface area contributed by atoms with Crippen LogP contribution in [0.5, 0.6) is 5.75 Å². The summed E-state index contributed by atoms with van der Waals surface area (Å²) in [4.78, 5) is 31.6. The van der Waals surface area contributed by atoms with Crippen LogP contribution in [0.15, 0.2) is 84.4 Å². The van der Waals surface area contributed by atoms with Gasteiger partial charge < -0.3 is 24.6 Å². The van der Waals surface area contributed by atoms with Crippen molar-refractivity contribution in [3.63, 3.8) is 0 Å². The van der Waals surface area contributed by atoms with Crippen molar-refractivity contribution >= 4 is 34.0 Å².